The first-order chi connectivity index (χ1) is 15.6. The molecule has 0 saturated heterocycles. The SMILES string of the molecule is CC1(C)c2ccccc2-c2ccc(Cc3ccc(-c4cccc5ccccc45)cc3)cc21. The lowest BCUT2D eigenvalue weighted by Gasteiger charge is -2.22. The third-order valence-electron chi connectivity index (χ3n) is 7.11. The fourth-order valence-corrected chi connectivity index (χ4v) is 5.38. The molecule has 0 nitrogen and oxygen atoms in total. The Labute approximate surface area is 190 Å². The second-order valence-electron chi connectivity index (χ2n) is 9.45. The van der Waals surface area contributed by atoms with Crippen LogP contribution in [0.1, 0.15) is 36.1 Å². The van der Waals surface area contributed by atoms with Gasteiger partial charge in [0.1, 0.15) is 0 Å². The molecular weight excluding hydrogens is 384 g/mol. The zero-order chi connectivity index (χ0) is 21.7. The highest BCUT2D eigenvalue weighted by Crippen LogP contribution is 2.48. The van der Waals surface area contributed by atoms with Gasteiger partial charge in [0.2, 0.25) is 0 Å². The summed E-state index contributed by atoms with van der Waals surface area (Å²) in [6, 6.07) is 40.2. The van der Waals surface area contributed by atoms with Crippen molar-refractivity contribution in [3.8, 4) is 22.3 Å². The molecule has 0 fully saturated rings. The molecule has 0 heterocycles. The minimum atomic E-state index is 0.0557. The molecule has 0 unspecified atom stereocenters. The van der Waals surface area contributed by atoms with Gasteiger partial charge in [-0.15, -0.1) is 0 Å². The summed E-state index contributed by atoms with van der Waals surface area (Å²) < 4.78 is 0. The third-order valence-corrected chi connectivity index (χ3v) is 7.11. The van der Waals surface area contributed by atoms with Crippen molar-refractivity contribution in [1.29, 1.82) is 0 Å². The predicted octanol–water partition coefficient (Wildman–Crippen LogP) is 8.40. The zero-order valence-electron chi connectivity index (χ0n) is 18.6. The fourth-order valence-electron chi connectivity index (χ4n) is 5.38. The number of hydrogen-bond donors (Lipinski definition) is 0. The van der Waals surface area contributed by atoms with E-state index in [4.69, 9.17) is 0 Å². The van der Waals surface area contributed by atoms with E-state index in [0.717, 1.165) is 6.42 Å². The number of fused-ring (bicyclic) bond motifs is 4. The Morgan fingerprint density at radius 2 is 1.19 bits per heavy atom. The van der Waals surface area contributed by atoms with Gasteiger partial charge in [0.15, 0.2) is 0 Å². The minimum absolute atomic E-state index is 0.0557. The first-order valence-electron chi connectivity index (χ1n) is 11.4. The van der Waals surface area contributed by atoms with Crippen LogP contribution in [0.5, 0.6) is 0 Å². The van der Waals surface area contributed by atoms with Crippen molar-refractivity contribution in [2.75, 3.05) is 0 Å². The van der Waals surface area contributed by atoms with Crippen LogP contribution in [-0.4, -0.2) is 0 Å². The lowest BCUT2D eigenvalue weighted by molar-refractivity contribution is 0.659. The summed E-state index contributed by atoms with van der Waals surface area (Å²) in [5.74, 6) is 0. The molecule has 1 aliphatic carbocycles. The van der Waals surface area contributed by atoms with Crippen molar-refractivity contribution >= 4 is 10.8 Å². The Balaban J connectivity index is 1.31. The van der Waals surface area contributed by atoms with Crippen LogP contribution in [-0.2, 0) is 11.8 Å². The number of hydrogen-bond acceptors (Lipinski definition) is 0. The van der Waals surface area contributed by atoms with Gasteiger partial charge in [-0.05, 0) is 61.7 Å². The standard InChI is InChI=1S/C32H26/c1-32(2)30-13-6-5-11-28(30)29-19-16-23(21-31(29)32)20-22-14-17-25(18-15-22)27-12-7-9-24-8-3-4-10-26(24)27/h3-19,21H,20H2,1-2H3. The van der Waals surface area contributed by atoms with Gasteiger partial charge in [-0.25, -0.2) is 0 Å². The van der Waals surface area contributed by atoms with Gasteiger partial charge in [0.05, 0.1) is 0 Å². The van der Waals surface area contributed by atoms with Gasteiger partial charge < -0.3 is 0 Å². The molecule has 0 heteroatoms. The fraction of sp³-hybridized carbons (Fsp3) is 0.125. The Hall–Kier alpha value is -3.64. The maximum Gasteiger partial charge on any atom is 0.0158 e. The summed E-state index contributed by atoms with van der Waals surface area (Å²) >= 11 is 0. The average molecular weight is 411 g/mol. The van der Waals surface area contributed by atoms with Crippen LogP contribution >= 0.6 is 0 Å². The van der Waals surface area contributed by atoms with E-state index in [9.17, 15) is 0 Å². The van der Waals surface area contributed by atoms with Gasteiger partial charge in [0, 0.05) is 5.41 Å². The van der Waals surface area contributed by atoms with Crippen LogP contribution in [0, 0.1) is 0 Å². The number of rotatable bonds is 3. The predicted molar refractivity (Wildman–Crippen MR) is 136 cm³/mol. The van der Waals surface area contributed by atoms with Crippen LogP contribution in [0.3, 0.4) is 0 Å². The molecule has 154 valence electrons. The van der Waals surface area contributed by atoms with E-state index in [-0.39, 0.29) is 5.41 Å². The Kier molecular flexibility index (Phi) is 4.30. The second-order valence-corrected chi connectivity index (χ2v) is 9.45. The summed E-state index contributed by atoms with van der Waals surface area (Å²) in [4.78, 5) is 0. The molecule has 0 bridgehead atoms. The van der Waals surface area contributed by atoms with E-state index < -0.39 is 0 Å². The van der Waals surface area contributed by atoms with Gasteiger partial charge in [0.25, 0.3) is 0 Å². The van der Waals surface area contributed by atoms with E-state index in [0.29, 0.717) is 0 Å². The first kappa shape index (κ1) is 19.1. The van der Waals surface area contributed by atoms with Gasteiger partial charge >= 0.3 is 0 Å². The Bertz CT molecular complexity index is 1450. The molecule has 0 N–H and O–H groups in total. The molecular formula is C32H26. The maximum absolute atomic E-state index is 2.42. The Morgan fingerprint density at radius 1 is 0.531 bits per heavy atom. The monoisotopic (exact) mass is 410 g/mol. The largest absolute Gasteiger partial charge is 0.0619 e. The van der Waals surface area contributed by atoms with Crippen LogP contribution in [0.25, 0.3) is 33.0 Å². The average Bonchev–Trinajstić information content (AvgIpc) is 3.06. The van der Waals surface area contributed by atoms with Crippen molar-refractivity contribution < 1.29 is 0 Å². The van der Waals surface area contributed by atoms with Crippen molar-refractivity contribution in [3.05, 3.63) is 131 Å². The Morgan fingerprint density at radius 3 is 2.06 bits per heavy atom. The maximum atomic E-state index is 2.42. The van der Waals surface area contributed by atoms with E-state index in [2.05, 4.69) is 123 Å². The summed E-state index contributed by atoms with van der Waals surface area (Å²) in [7, 11) is 0. The summed E-state index contributed by atoms with van der Waals surface area (Å²) in [6.07, 6.45) is 0.954. The minimum Gasteiger partial charge on any atom is -0.0619 e. The van der Waals surface area contributed by atoms with Gasteiger partial charge in [-0.2, -0.15) is 0 Å². The molecule has 0 atom stereocenters. The summed E-state index contributed by atoms with van der Waals surface area (Å²) in [5.41, 5.74) is 11.0. The quantitative estimate of drug-likeness (QED) is 0.280. The molecule has 0 spiro atoms. The molecule has 0 saturated carbocycles. The van der Waals surface area contributed by atoms with Crippen LogP contribution in [0.2, 0.25) is 0 Å². The van der Waals surface area contributed by atoms with Gasteiger partial charge in [-0.3, -0.25) is 0 Å². The molecule has 5 aromatic rings. The molecule has 0 amide bonds. The summed E-state index contributed by atoms with van der Waals surface area (Å²) in [6.45, 7) is 4.70. The molecule has 0 aliphatic heterocycles. The molecule has 1 aliphatic rings. The molecule has 0 radical (unpaired) electrons. The van der Waals surface area contributed by atoms with E-state index >= 15 is 0 Å². The lowest BCUT2D eigenvalue weighted by Crippen LogP contribution is -2.15. The normalized spacial score (nSPS) is 13.7. The van der Waals surface area contributed by atoms with Crippen molar-refractivity contribution in [2.24, 2.45) is 0 Å². The number of benzene rings is 5. The topological polar surface area (TPSA) is 0 Å². The highest BCUT2D eigenvalue weighted by atomic mass is 14.4. The van der Waals surface area contributed by atoms with Crippen LogP contribution in [0.15, 0.2) is 109 Å². The third kappa shape index (κ3) is 2.99. The second kappa shape index (κ2) is 7.21. The lowest BCUT2D eigenvalue weighted by atomic mass is 9.81. The molecule has 32 heavy (non-hydrogen) atoms. The van der Waals surface area contributed by atoms with Crippen molar-refractivity contribution in [2.45, 2.75) is 25.7 Å². The summed E-state index contributed by atoms with van der Waals surface area (Å²) in [5, 5.41) is 2.60. The first-order valence-corrected chi connectivity index (χ1v) is 11.4. The van der Waals surface area contributed by atoms with Crippen molar-refractivity contribution in [3.63, 3.8) is 0 Å². The molecule has 6 rings (SSSR count). The van der Waals surface area contributed by atoms with Crippen LogP contribution in [0.4, 0.5) is 0 Å². The van der Waals surface area contributed by atoms with E-state index in [1.165, 1.54) is 55.3 Å². The smallest absolute Gasteiger partial charge is 0.0158 e. The highest BCUT2D eigenvalue weighted by molar-refractivity contribution is 5.96. The van der Waals surface area contributed by atoms with Gasteiger partial charge in [-0.1, -0.05) is 123 Å². The van der Waals surface area contributed by atoms with E-state index in [1.54, 1.807) is 0 Å². The molecule has 5 aromatic carbocycles. The zero-order valence-corrected chi connectivity index (χ0v) is 18.6. The van der Waals surface area contributed by atoms with Crippen LogP contribution < -0.4 is 0 Å². The molecule has 0 aromatic heterocycles. The highest BCUT2D eigenvalue weighted by Gasteiger charge is 2.34. The van der Waals surface area contributed by atoms with E-state index in [1.807, 2.05) is 0 Å². The van der Waals surface area contributed by atoms with Crippen molar-refractivity contribution in [1.82, 2.24) is 0 Å².